The van der Waals surface area contributed by atoms with Gasteiger partial charge < -0.3 is 10.1 Å². The molecule has 7 heteroatoms. The van der Waals surface area contributed by atoms with Gasteiger partial charge in [0.1, 0.15) is 0 Å². The van der Waals surface area contributed by atoms with E-state index in [9.17, 15) is 14.4 Å². The number of hydrogen-bond donors (Lipinski definition) is 1. The number of nitrogens with zero attached hydrogens (tertiary/aromatic N) is 1. The summed E-state index contributed by atoms with van der Waals surface area (Å²) in [6.07, 6.45) is 0. The second kappa shape index (κ2) is 10.5. The molecule has 4 aromatic carbocycles. The highest BCUT2D eigenvalue weighted by molar-refractivity contribution is 7.99. The molecular formula is C29H22N2O4S. The van der Waals surface area contributed by atoms with Gasteiger partial charge in [-0.25, -0.2) is 4.79 Å². The highest BCUT2D eigenvalue weighted by atomic mass is 32.2. The zero-order valence-corrected chi connectivity index (χ0v) is 20.0. The van der Waals surface area contributed by atoms with Gasteiger partial charge in [-0.1, -0.05) is 84.6 Å². The summed E-state index contributed by atoms with van der Waals surface area (Å²) in [7, 11) is 0. The average molecular weight is 495 g/mol. The molecule has 1 aliphatic heterocycles. The van der Waals surface area contributed by atoms with Crippen molar-refractivity contribution in [2.24, 2.45) is 0 Å². The molecule has 6 nitrogen and oxygen atoms in total. The van der Waals surface area contributed by atoms with Crippen molar-refractivity contribution >= 4 is 40.9 Å². The maximum absolute atomic E-state index is 13.4. The molecule has 0 fully saturated rings. The monoisotopic (exact) mass is 494 g/mol. The fraction of sp³-hybridized carbons (Fsp3) is 0.0690. The summed E-state index contributed by atoms with van der Waals surface area (Å²) in [4.78, 5) is 42.8. The topological polar surface area (TPSA) is 75.7 Å². The summed E-state index contributed by atoms with van der Waals surface area (Å²) in [5.74, 6) is -1.51. The summed E-state index contributed by atoms with van der Waals surface area (Å²) < 4.78 is 5.49. The molecule has 0 spiro atoms. The van der Waals surface area contributed by atoms with Crippen molar-refractivity contribution in [1.82, 2.24) is 5.32 Å². The van der Waals surface area contributed by atoms with E-state index in [1.165, 1.54) is 0 Å². The minimum Gasteiger partial charge on any atom is -0.454 e. The van der Waals surface area contributed by atoms with Gasteiger partial charge in [-0.15, -0.1) is 0 Å². The molecule has 1 N–H and O–H groups in total. The number of benzene rings is 4. The van der Waals surface area contributed by atoms with Crippen molar-refractivity contribution in [2.75, 3.05) is 11.5 Å². The van der Waals surface area contributed by atoms with Crippen LogP contribution in [0.25, 0.3) is 0 Å². The molecule has 1 aliphatic rings. The summed E-state index contributed by atoms with van der Waals surface area (Å²) in [6, 6.07) is 31.6. The van der Waals surface area contributed by atoms with E-state index >= 15 is 0 Å². The molecule has 5 rings (SSSR count). The first-order valence-corrected chi connectivity index (χ1v) is 12.2. The molecule has 178 valence electrons. The molecule has 2 amide bonds. The van der Waals surface area contributed by atoms with E-state index in [1.54, 1.807) is 71.3 Å². The molecule has 1 heterocycles. The lowest BCUT2D eigenvalue weighted by Gasteiger charge is -2.31. The first-order chi connectivity index (χ1) is 17.6. The predicted molar refractivity (Wildman–Crippen MR) is 138 cm³/mol. The Morgan fingerprint density at radius 2 is 1.25 bits per heavy atom. The first kappa shape index (κ1) is 23.4. The van der Waals surface area contributed by atoms with Crippen LogP contribution in [0.15, 0.2) is 119 Å². The molecule has 0 aromatic heterocycles. The van der Waals surface area contributed by atoms with Crippen molar-refractivity contribution in [1.29, 1.82) is 0 Å². The van der Waals surface area contributed by atoms with Gasteiger partial charge in [-0.3, -0.25) is 14.5 Å². The Kier molecular flexibility index (Phi) is 6.82. The SMILES string of the molecule is O=C(N[C@H](C(=O)OCC(=O)N1c2ccccc2Sc2ccccc21)c1ccccc1)c1ccccc1. The van der Waals surface area contributed by atoms with E-state index in [4.69, 9.17) is 4.74 Å². The molecule has 36 heavy (non-hydrogen) atoms. The van der Waals surface area contributed by atoms with Crippen LogP contribution in [0.2, 0.25) is 0 Å². The minimum absolute atomic E-state index is 0.384. The van der Waals surface area contributed by atoms with Gasteiger partial charge in [-0.05, 0) is 42.0 Å². The Morgan fingerprint density at radius 3 is 1.86 bits per heavy atom. The number of esters is 1. The van der Waals surface area contributed by atoms with Crippen LogP contribution < -0.4 is 10.2 Å². The largest absolute Gasteiger partial charge is 0.454 e. The number of ether oxygens (including phenoxy) is 1. The van der Waals surface area contributed by atoms with E-state index in [2.05, 4.69) is 5.32 Å². The molecule has 0 aliphatic carbocycles. The Morgan fingerprint density at radius 1 is 0.722 bits per heavy atom. The average Bonchev–Trinajstić information content (AvgIpc) is 2.94. The number of nitrogens with one attached hydrogen (secondary N) is 1. The van der Waals surface area contributed by atoms with Crippen molar-refractivity contribution < 1.29 is 19.1 Å². The third kappa shape index (κ3) is 4.87. The second-order valence-electron chi connectivity index (χ2n) is 8.06. The number of para-hydroxylation sites is 2. The molecular weight excluding hydrogens is 472 g/mol. The minimum atomic E-state index is -1.07. The predicted octanol–water partition coefficient (Wildman–Crippen LogP) is 5.53. The molecule has 0 saturated carbocycles. The molecule has 0 bridgehead atoms. The molecule has 1 atom stereocenters. The van der Waals surface area contributed by atoms with Gasteiger partial charge >= 0.3 is 5.97 Å². The lowest BCUT2D eigenvalue weighted by molar-refractivity contribution is -0.149. The summed E-state index contributed by atoms with van der Waals surface area (Å²) in [5, 5.41) is 2.74. The Labute approximate surface area is 212 Å². The molecule has 0 unspecified atom stereocenters. The van der Waals surface area contributed by atoms with Gasteiger partial charge in [0, 0.05) is 15.4 Å². The summed E-state index contributed by atoms with van der Waals surface area (Å²) >= 11 is 1.59. The molecule has 0 radical (unpaired) electrons. The maximum atomic E-state index is 13.4. The number of carbonyl (C=O) groups excluding carboxylic acids is 3. The van der Waals surface area contributed by atoms with Crippen LogP contribution in [0.5, 0.6) is 0 Å². The van der Waals surface area contributed by atoms with Gasteiger partial charge in [0.15, 0.2) is 12.6 Å². The number of fused-ring (bicyclic) bond motifs is 2. The third-order valence-corrected chi connectivity index (χ3v) is 6.83. The van der Waals surface area contributed by atoms with Crippen molar-refractivity contribution in [2.45, 2.75) is 15.8 Å². The van der Waals surface area contributed by atoms with Crippen LogP contribution in [-0.4, -0.2) is 24.4 Å². The zero-order valence-electron chi connectivity index (χ0n) is 19.2. The van der Waals surface area contributed by atoms with E-state index in [0.717, 1.165) is 21.2 Å². The first-order valence-electron chi connectivity index (χ1n) is 11.4. The van der Waals surface area contributed by atoms with Crippen LogP contribution in [0.4, 0.5) is 11.4 Å². The number of rotatable bonds is 6. The Hall–Kier alpha value is -4.36. The van der Waals surface area contributed by atoms with E-state index in [-0.39, 0.29) is 5.91 Å². The molecule has 4 aromatic rings. The smallest absolute Gasteiger partial charge is 0.333 e. The van der Waals surface area contributed by atoms with E-state index in [0.29, 0.717) is 11.1 Å². The van der Waals surface area contributed by atoms with Crippen molar-refractivity contribution in [3.05, 3.63) is 120 Å². The van der Waals surface area contributed by atoms with Crippen molar-refractivity contribution in [3.8, 4) is 0 Å². The van der Waals surface area contributed by atoms with Crippen LogP contribution >= 0.6 is 11.8 Å². The quantitative estimate of drug-likeness (QED) is 0.357. The lowest BCUT2D eigenvalue weighted by atomic mass is 10.1. The van der Waals surface area contributed by atoms with Crippen molar-refractivity contribution in [3.63, 3.8) is 0 Å². The van der Waals surface area contributed by atoms with Crippen LogP contribution in [0.3, 0.4) is 0 Å². The van der Waals surface area contributed by atoms with E-state index in [1.807, 2.05) is 54.6 Å². The number of hydrogen-bond acceptors (Lipinski definition) is 5. The van der Waals surface area contributed by atoms with Crippen LogP contribution in [-0.2, 0) is 14.3 Å². The fourth-order valence-electron chi connectivity index (χ4n) is 3.98. The van der Waals surface area contributed by atoms with Crippen LogP contribution in [0, 0.1) is 0 Å². The maximum Gasteiger partial charge on any atom is 0.333 e. The molecule has 0 saturated heterocycles. The number of carbonyl (C=O) groups is 3. The standard InChI is InChI=1S/C29H22N2O4S/c32-26(31-22-15-7-9-17-24(22)36-25-18-10-8-16-23(25)31)19-35-29(34)27(20-11-3-1-4-12-20)30-28(33)21-13-5-2-6-14-21/h1-18,27H,19H2,(H,30,33)/t27-/m0/s1. The fourth-order valence-corrected chi connectivity index (χ4v) is 5.04. The lowest BCUT2D eigenvalue weighted by Crippen LogP contribution is -2.37. The van der Waals surface area contributed by atoms with Crippen LogP contribution in [0.1, 0.15) is 22.0 Å². The third-order valence-electron chi connectivity index (χ3n) is 5.70. The zero-order chi connectivity index (χ0) is 24.9. The highest BCUT2D eigenvalue weighted by Crippen LogP contribution is 2.47. The van der Waals surface area contributed by atoms with Gasteiger partial charge in [-0.2, -0.15) is 0 Å². The van der Waals surface area contributed by atoms with Gasteiger partial charge in [0.2, 0.25) is 0 Å². The second-order valence-corrected chi connectivity index (χ2v) is 9.14. The Bertz CT molecular complexity index is 1360. The normalized spacial score (nSPS) is 12.6. The highest BCUT2D eigenvalue weighted by Gasteiger charge is 2.30. The Balaban J connectivity index is 1.36. The number of amides is 2. The summed E-state index contributed by atoms with van der Waals surface area (Å²) in [5.41, 5.74) is 2.45. The van der Waals surface area contributed by atoms with Gasteiger partial charge in [0.05, 0.1) is 11.4 Å². The van der Waals surface area contributed by atoms with E-state index < -0.39 is 24.5 Å². The summed E-state index contributed by atoms with van der Waals surface area (Å²) in [6.45, 7) is -0.475. The van der Waals surface area contributed by atoms with Gasteiger partial charge in [0.25, 0.3) is 11.8 Å². The number of anilines is 2.